The molecule has 1 aliphatic rings. The van der Waals surface area contributed by atoms with Crippen LogP contribution in [-0.4, -0.2) is 17.3 Å². The van der Waals surface area contributed by atoms with E-state index in [2.05, 4.69) is 43.4 Å². The number of fused-ring (bicyclic) bond motifs is 1. The van der Waals surface area contributed by atoms with Gasteiger partial charge in [0.1, 0.15) is 0 Å². The largest absolute Gasteiger partial charge is 0.389 e. The fraction of sp³-hybridized carbons (Fsp3) is 0.556. The lowest BCUT2D eigenvalue weighted by Gasteiger charge is -2.33. The first kappa shape index (κ1) is 15.0. The van der Waals surface area contributed by atoms with Gasteiger partial charge in [-0.25, -0.2) is 0 Å². The molecule has 2 N–H and O–H groups in total. The Labute approximate surface area is 131 Å². The second kappa shape index (κ2) is 6.07. The fourth-order valence-corrected chi connectivity index (χ4v) is 4.67. The molecule has 1 unspecified atom stereocenters. The number of thiophene rings is 1. The van der Waals surface area contributed by atoms with Crippen LogP contribution in [0.4, 0.5) is 0 Å². The highest BCUT2D eigenvalue weighted by Crippen LogP contribution is 2.35. The van der Waals surface area contributed by atoms with E-state index in [1.807, 2.05) is 11.3 Å². The van der Waals surface area contributed by atoms with Crippen molar-refractivity contribution in [2.24, 2.45) is 0 Å². The Morgan fingerprint density at radius 3 is 2.67 bits per heavy atom. The number of aliphatic hydroxyl groups is 1. The van der Waals surface area contributed by atoms with Crippen LogP contribution in [0.25, 0.3) is 10.1 Å². The van der Waals surface area contributed by atoms with E-state index in [0.29, 0.717) is 12.6 Å². The Kier molecular flexibility index (Phi) is 4.34. The molecule has 3 rings (SSSR count). The topological polar surface area (TPSA) is 32.3 Å². The monoisotopic (exact) mass is 303 g/mol. The highest BCUT2D eigenvalue weighted by atomic mass is 32.1. The van der Waals surface area contributed by atoms with Crippen LogP contribution in [-0.2, 0) is 0 Å². The summed E-state index contributed by atoms with van der Waals surface area (Å²) in [5.41, 5.74) is 0.892. The number of benzene rings is 1. The minimum absolute atomic E-state index is 0.299. The van der Waals surface area contributed by atoms with Crippen LogP contribution in [0, 0.1) is 6.92 Å². The van der Waals surface area contributed by atoms with E-state index in [9.17, 15) is 5.11 Å². The number of hydrogen-bond donors (Lipinski definition) is 2. The second-order valence-corrected chi connectivity index (χ2v) is 7.56. The van der Waals surface area contributed by atoms with E-state index in [-0.39, 0.29) is 0 Å². The molecule has 0 aliphatic heterocycles. The second-order valence-electron chi connectivity index (χ2n) is 6.48. The molecule has 21 heavy (non-hydrogen) atoms. The number of aryl methyl sites for hydroxylation is 1. The first-order chi connectivity index (χ1) is 10.1. The highest BCUT2D eigenvalue weighted by molar-refractivity contribution is 7.19. The molecule has 0 saturated heterocycles. The standard InChI is InChI=1S/C18H25NOS/c1-13-15-8-4-5-9-16(15)21-17(13)14(2)19-12-18(20)10-6-3-7-11-18/h4-5,8-9,14,19-20H,3,6-7,10-12H2,1-2H3. The van der Waals surface area contributed by atoms with Crippen molar-refractivity contribution in [1.29, 1.82) is 0 Å². The van der Waals surface area contributed by atoms with Gasteiger partial charge in [0.25, 0.3) is 0 Å². The molecule has 114 valence electrons. The predicted octanol–water partition coefficient (Wildman–Crippen LogP) is 4.56. The van der Waals surface area contributed by atoms with Crippen LogP contribution in [0.2, 0.25) is 0 Å². The van der Waals surface area contributed by atoms with E-state index in [1.165, 1.54) is 26.9 Å². The van der Waals surface area contributed by atoms with Gasteiger partial charge in [0.05, 0.1) is 5.60 Å². The minimum atomic E-state index is -0.489. The Bertz CT molecular complexity index is 613. The molecular formula is C18H25NOS. The molecule has 1 aromatic heterocycles. The number of rotatable bonds is 4. The van der Waals surface area contributed by atoms with Crippen molar-refractivity contribution in [2.75, 3.05) is 6.54 Å². The lowest BCUT2D eigenvalue weighted by molar-refractivity contribution is 0.00306. The van der Waals surface area contributed by atoms with Gasteiger partial charge in [-0.3, -0.25) is 0 Å². The quantitative estimate of drug-likeness (QED) is 0.868. The first-order valence-corrected chi connectivity index (χ1v) is 8.84. The lowest BCUT2D eigenvalue weighted by Crippen LogP contribution is -2.42. The average molecular weight is 303 g/mol. The summed E-state index contributed by atoms with van der Waals surface area (Å²) in [6.45, 7) is 5.13. The van der Waals surface area contributed by atoms with Crippen LogP contribution in [0.1, 0.15) is 55.5 Å². The van der Waals surface area contributed by atoms with E-state index in [0.717, 1.165) is 25.7 Å². The van der Waals surface area contributed by atoms with Gasteiger partial charge in [0.2, 0.25) is 0 Å². The zero-order valence-corrected chi connectivity index (χ0v) is 13.8. The average Bonchev–Trinajstić information content (AvgIpc) is 2.84. The first-order valence-electron chi connectivity index (χ1n) is 8.03. The molecule has 0 amide bonds. The van der Waals surface area contributed by atoms with Crippen LogP contribution in [0.5, 0.6) is 0 Å². The van der Waals surface area contributed by atoms with Crippen LogP contribution in [0.3, 0.4) is 0 Å². The van der Waals surface area contributed by atoms with E-state index >= 15 is 0 Å². The maximum Gasteiger partial charge on any atom is 0.0771 e. The molecule has 1 fully saturated rings. The maximum atomic E-state index is 10.6. The molecule has 0 bridgehead atoms. The van der Waals surface area contributed by atoms with Crippen LogP contribution in [0.15, 0.2) is 24.3 Å². The van der Waals surface area contributed by atoms with Crippen molar-refractivity contribution < 1.29 is 5.11 Å². The summed E-state index contributed by atoms with van der Waals surface area (Å²) in [7, 11) is 0. The van der Waals surface area contributed by atoms with E-state index in [1.54, 1.807) is 0 Å². The third kappa shape index (κ3) is 3.15. The van der Waals surface area contributed by atoms with E-state index < -0.39 is 5.60 Å². The summed E-state index contributed by atoms with van der Waals surface area (Å²) in [5.74, 6) is 0. The zero-order valence-electron chi connectivity index (χ0n) is 13.0. The zero-order chi connectivity index (χ0) is 14.9. The van der Waals surface area contributed by atoms with Crippen LogP contribution < -0.4 is 5.32 Å². The lowest BCUT2D eigenvalue weighted by atomic mass is 9.85. The van der Waals surface area contributed by atoms with Crippen molar-refractivity contribution in [3.63, 3.8) is 0 Å². The molecule has 2 nitrogen and oxygen atoms in total. The molecule has 2 aromatic rings. The predicted molar refractivity (Wildman–Crippen MR) is 91.0 cm³/mol. The Morgan fingerprint density at radius 2 is 1.95 bits per heavy atom. The molecule has 1 heterocycles. The van der Waals surface area contributed by atoms with Gasteiger partial charge in [0.15, 0.2) is 0 Å². The molecule has 1 saturated carbocycles. The van der Waals surface area contributed by atoms with Crippen molar-refractivity contribution in [3.05, 3.63) is 34.7 Å². The highest BCUT2D eigenvalue weighted by Gasteiger charge is 2.29. The van der Waals surface area contributed by atoms with Crippen molar-refractivity contribution >= 4 is 21.4 Å². The minimum Gasteiger partial charge on any atom is -0.389 e. The van der Waals surface area contributed by atoms with Gasteiger partial charge in [-0.2, -0.15) is 0 Å². The van der Waals surface area contributed by atoms with Crippen molar-refractivity contribution in [1.82, 2.24) is 5.32 Å². The van der Waals surface area contributed by atoms with Gasteiger partial charge >= 0.3 is 0 Å². The Balaban J connectivity index is 1.72. The fourth-order valence-electron chi connectivity index (χ4n) is 3.43. The summed E-state index contributed by atoms with van der Waals surface area (Å²) in [6.07, 6.45) is 5.48. The summed E-state index contributed by atoms with van der Waals surface area (Å²) >= 11 is 1.87. The van der Waals surface area contributed by atoms with Gasteiger partial charge in [-0.05, 0) is 43.7 Å². The summed E-state index contributed by atoms with van der Waals surface area (Å²) in [4.78, 5) is 1.40. The van der Waals surface area contributed by atoms with Gasteiger partial charge in [-0.1, -0.05) is 37.5 Å². The molecule has 0 radical (unpaired) electrons. The Morgan fingerprint density at radius 1 is 1.24 bits per heavy atom. The summed E-state index contributed by atoms with van der Waals surface area (Å²) in [6, 6.07) is 8.90. The summed E-state index contributed by atoms with van der Waals surface area (Å²) < 4.78 is 1.36. The third-order valence-electron chi connectivity index (χ3n) is 4.80. The smallest absolute Gasteiger partial charge is 0.0771 e. The molecular weight excluding hydrogens is 278 g/mol. The third-order valence-corrected chi connectivity index (χ3v) is 6.25. The summed E-state index contributed by atoms with van der Waals surface area (Å²) in [5, 5.41) is 15.6. The number of nitrogens with one attached hydrogen (secondary N) is 1. The van der Waals surface area contributed by atoms with Gasteiger partial charge in [-0.15, -0.1) is 11.3 Å². The maximum absolute atomic E-state index is 10.6. The Hall–Kier alpha value is -0.900. The van der Waals surface area contributed by atoms with Gasteiger partial charge in [0, 0.05) is 22.2 Å². The SMILES string of the molecule is Cc1c(C(C)NCC2(O)CCCCC2)sc2ccccc12. The van der Waals surface area contributed by atoms with Crippen molar-refractivity contribution in [2.45, 2.75) is 57.6 Å². The van der Waals surface area contributed by atoms with Crippen molar-refractivity contribution in [3.8, 4) is 0 Å². The molecule has 0 spiro atoms. The van der Waals surface area contributed by atoms with Crippen LogP contribution >= 0.6 is 11.3 Å². The van der Waals surface area contributed by atoms with Gasteiger partial charge < -0.3 is 10.4 Å². The molecule has 1 atom stereocenters. The molecule has 1 aromatic carbocycles. The molecule has 1 aliphatic carbocycles. The normalized spacial score (nSPS) is 19.8. The molecule has 3 heteroatoms. The van der Waals surface area contributed by atoms with E-state index in [4.69, 9.17) is 0 Å². The number of hydrogen-bond acceptors (Lipinski definition) is 3.